The van der Waals surface area contributed by atoms with E-state index in [-0.39, 0.29) is 4.90 Å². The van der Waals surface area contributed by atoms with E-state index in [2.05, 4.69) is 4.98 Å². The van der Waals surface area contributed by atoms with Crippen molar-refractivity contribution in [2.45, 2.75) is 24.0 Å². The molecule has 0 amide bonds. The summed E-state index contributed by atoms with van der Waals surface area (Å²) in [5.41, 5.74) is 1.75. The van der Waals surface area contributed by atoms with Gasteiger partial charge in [0.1, 0.15) is 0 Å². The highest BCUT2D eigenvalue weighted by molar-refractivity contribution is 7.92. The van der Waals surface area contributed by atoms with E-state index in [1.54, 1.807) is 26.0 Å². The van der Waals surface area contributed by atoms with Crippen LogP contribution in [0.25, 0.3) is 11.3 Å². The summed E-state index contributed by atoms with van der Waals surface area (Å²) in [5.74, 6) is 0. The Hall–Kier alpha value is -1.68. The third-order valence-corrected chi connectivity index (χ3v) is 4.89. The third kappa shape index (κ3) is 2.43. The topological polar surface area (TPSA) is 47.0 Å². The van der Waals surface area contributed by atoms with E-state index in [0.29, 0.717) is 0 Å². The molecule has 0 radical (unpaired) electrons. The SMILES string of the molecule is CC(C)S(=O)(=O)c1ccc(-c2ccccc2)nc1. The molecule has 1 aromatic heterocycles. The molecule has 0 aliphatic carbocycles. The molecule has 0 aliphatic rings. The summed E-state index contributed by atoms with van der Waals surface area (Å²) in [6, 6.07) is 13.0. The molecule has 0 saturated carbocycles. The highest BCUT2D eigenvalue weighted by Crippen LogP contribution is 2.20. The van der Waals surface area contributed by atoms with Crippen LogP contribution in [0.2, 0.25) is 0 Å². The molecule has 1 heterocycles. The molecule has 0 saturated heterocycles. The zero-order valence-electron chi connectivity index (χ0n) is 10.4. The van der Waals surface area contributed by atoms with Crippen LogP contribution in [0.15, 0.2) is 53.6 Å². The Morgan fingerprint density at radius 3 is 2.17 bits per heavy atom. The highest BCUT2D eigenvalue weighted by Gasteiger charge is 2.19. The molecule has 18 heavy (non-hydrogen) atoms. The molecule has 1 aromatic carbocycles. The normalized spacial score (nSPS) is 11.7. The average Bonchev–Trinajstić information content (AvgIpc) is 2.40. The van der Waals surface area contributed by atoms with E-state index in [9.17, 15) is 8.42 Å². The van der Waals surface area contributed by atoms with Crippen LogP contribution in [0.1, 0.15) is 13.8 Å². The molecule has 2 rings (SSSR count). The van der Waals surface area contributed by atoms with Crippen molar-refractivity contribution in [2.75, 3.05) is 0 Å². The predicted octanol–water partition coefficient (Wildman–Crippen LogP) is 2.93. The largest absolute Gasteiger partial charge is 0.255 e. The summed E-state index contributed by atoms with van der Waals surface area (Å²) in [6.45, 7) is 3.33. The Balaban J connectivity index is 2.38. The van der Waals surface area contributed by atoms with Gasteiger partial charge in [-0.15, -0.1) is 0 Å². The van der Waals surface area contributed by atoms with Crippen molar-refractivity contribution in [3.05, 3.63) is 48.7 Å². The molecular formula is C14H15NO2S. The van der Waals surface area contributed by atoms with Crippen LogP contribution in [0.5, 0.6) is 0 Å². The Bertz CT molecular complexity index is 617. The molecule has 0 atom stereocenters. The van der Waals surface area contributed by atoms with Gasteiger partial charge in [-0.1, -0.05) is 30.3 Å². The maximum atomic E-state index is 11.9. The first-order valence-electron chi connectivity index (χ1n) is 5.77. The second kappa shape index (κ2) is 4.90. The summed E-state index contributed by atoms with van der Waals surface area (Å²) in [6.07, 6.45) is 1.43. The lowest BCUT2D eigenvalue weighted by atomic mass is 10.1. The second-order valence-corrected chi connectivity index (χ2v) is 6.84. The smallest absolute Gasteiger partial charge is 0.182 e. The van der Waals surface area contributed by atoms with Gasteiger partial charge in [-0.25, -0.2) is 8.42 Å². The standard InChI is InChI=1S/C14H15NO2S/c1-11(2)18(16,17)13-8-9-14(15-10-13)12-6-4-3-5-7-12/h3-11H,1-2H3. The number of pyridine rings is 1. The lowest BCUT2D eigenvalue weighted by molar-refractivity contribution is 0.587. The second-order valence-electron chi connectivity index (χ2n) is 4.34. The van der Waals surface area contributed by atoms with Crippen LogP contribution in [-0.4, -0.2) is 18.7 Å². The van der Waals surface area contributed by atoms with Crippen LogP contribution < -0.4 is 0 Å². The fourth-order valence-corrected chi connectivity index (χ4v) is 2.60. The highest BCUT2D eigenvalue weighted by atomic mass is 32.2. The summed E-state index contributed by atoms with van der Waals surface area (Å²) in [7, 11) is -3.24. The molecular weight excluding hydrogens is 246 g/mol. The summed E-state index contributed by atoms with van der Waals surface area (Å²) in [4.78, 5) is 4.49. The van der Waals surface area contributed by atoms with Crippen LogP contribution in [0, 0.1) is 0 Å². The lowest BCUT2D eigenvalue weighted by Crippen LogP contribution is -2.14. The lowest BCUT2D eigenvalue weighted by Gasteiger charge is -2.08. The van der Waals surface area contributed by atoms with Gasteiger partial charge >= 0.3 is 0 Å². The molecule has 0 fully saturated rings. The van der Waals surface area contributed by atoms with Crippen LogP contribution in [-0.2, 0) is 9.84 Å². The van der Waals surface area contributed by atoms with Gasteiger partial charge in [0.05, 0.1) is 15.8 Å². The van der Waals surface area contributed by atoms with Crippen molar-refractivity contribution in [2.24, 2.45) is 0 Å². The van der Waals surface area contributed by atoms with E-state index in [4.69, 9.17) is 0 Å². The van der Waals surface area contributed by atoms with E-state index in [1.807, 2.05) is 30.3 Å². The number of rotatable bonds is 3. The minimum atomic E-state index is -3.24. The number of hydrogen-bond acceptors (Lipinski definition) is 3. The van der Waals surface area contributed by atoms with Gasteiger partial charge in [0, 0.05) is 11.8 Å². The minimum Gasteiger partial charge on any atom is -0.255 e. The van der Waals surface area contributed by atoms with Gasteiger partial charge in [0.2, 0.25) is 0 Å². The van der Waals surface area contributed by atoms with Crippen LogP contribution >= 0.6 is 0 Å². The molecule has 94 valence electrons. The number of benzene rings is 1. The van der Waals surface area contributed by atoms with Crippen LogP contribution in [0.3, 0.4) is 0 Å². The van der Waals surface area contributed by atoms with E-state index < -0.39 is 15.1 Å². The van der Waals surface area contributed by atoms with Crippen LogP contribution in [0.4, 0.5) is 0 Å². The molecule has 0 bridgehead atoms. The van der Waals surface area contributed by atoms with Gasteiger partial charge in [-0.05, 0) is 26.0 Å². The first-order valence-corrected chi connectivity index (χ1v) is 7.32. The Morgan fingerprint density at radius 1 is 1.00 bits per heavy atom. The predicted molar refractivity (Wildman–Crippen MR) is 72.0 cm³/mol. The number of nitrogens with zero attached hydrogens (tertiary/aromatic N) is 1. The monoisotopic (exact) mass is 261 g/mol. The van der Waals surface area contributed by atoms with E-state index >= 15 is 0 Å². The maximum Gasteiger partial charge on any atom is 0.182 e. The Kier molecular flexibility index (Phi) is 3.48. The third-order valence-electron chi connectivity index (χ3n) is 2.76. The average molecular weight is 261 g/mol. The maximum absolute atomic E-state index is 11.9. The van der Waals surface area contributed by atoms with E-state index in [0.717, 1.165) is 11.3 Å². The van der Waals surface area contributed by atoms with Gasteiger partial charge in [-0.3, -0.25) is 4.98 Å². The van der Waals surface area contributed by atoms with Crippen molar-refractivity contribution in [3.63, 3.8) is 0 Å². The van der Waals surface area contributed by atoms with Gasteiger partial charge in [-0.2, -0.15) is 0 Å². The van der Waals surface area contributed by atoms with Crippen molar-refractivity contribution in [1.82, 2.24) is 4.98 Å². The fourth-order valence-electron chi connectivity index (χ4n) is 1.60. The molecule has 0 aliphatic heterocycles. The van der Waals surface area contributed by atoms with Crippen molar-refractivity contribution >= 4 is 9.84 Å². The first-order chi connectivity index (χ1) is 8.51. The zero-order valence-corrected chi connectivity index (χ0v) is 11.2. The van der Waals surface area contributed by atoms with Crippen molar-refractivity contribution in [1.29, 1.82) is 0 Å². The molecule has 4 heteroatoms. The zero-order chi connectivity index (χ0) is 13.2. The Labute approximate surface area is 107 Å². The summed E-state index contributed by atoms with van der Waals surface area (Å²) >= 11 is 0. The molecule has 0 spiro atoms. The fraction of sp³-hybridized carbons (Fsp3) is 0.214. The van der Waals surface area contributed by atoms with Gasteiger partial charge in [0.25, 0.3) is 0 Å². The number of hydrogen-bond donors (Lipinski definition) is 0. The quantitative estimate of drug-likeness (QED) is 0.853. The summed E-state index contributed by atoms with van der Waals surface area (Å²) < 4.78 is 23.9. The minimum absolute atomic E-state index is 0.275. The summed E-state index contributed by atoms with van der Waals surface area (Å²) in [5, 5.41) is -0.429. The number of aromatic nitrogens is 1. The van der Waals surface area contributed by atoms with Gasteiger partial charge < -0.3 is 0 Å². The molecule has 2 aromatic rings. The van der Waals surface area contributed by atoms with Crippen molar-refractivity contribution < 1.29 is 8.42 Å². The number of sulfone groups is 1. The molecule has 3 nitrogen and oxygen atoms in total. The van der Waals surface area contributed by atoms with Gasteiger partial charge in [0.15, 0.2) is 9.84 Å². The Morgan fingerprint density at radius 2 is 1.67 bits per heavy atom. The van der Waals surface area contributed by atoms with E-state index in [1.165, 1.54) is 6.20 Å². The first kappa shape index (κ1) is 12.8. The molecule has 0 unspecified atom stereocenters. The van der Waals surface area contributed by atoms with Crippen molar-refractivity contribution in [3.8, 4) is 11.3 Å². The molecule has 0 N–H and O–H groups in total.